The number of ether oxygens (including phenoxy) is 1. The molecule has 10 heavy (non-hydrogen) atoms. The fourth-order valence-corrected chi connectivity index (χ4v) is 0.422. The predicted molar refractivity (Wildman–Crippen MR) is 39.2 cm³/mol. The number of hydrogen-bond donors (Lipinski definition) is 0. The summed E-state index contributed by atoms with van der Waals surface area (Å²) >= 11 is 0. The van der Waals surface area contributed by atoms with Crippen molar-refractivity contribution in [2.24, 2.45) is 5.92 Å². The minimum atomic E-state index is -0.208. The molecule has 0 aromatic rings. The molecule has 0 N–H and O–H groups in total. The van der Waals surface area contributed by atoms with Crippen LogP contribution in [-0.2, 0) is 9.53 Å². The Hall–Kier alpha value is -0.970. The van der Waals surface area contributed by atoms with E-state index in [9.17, 15) is 4.79 Å². The molecule has 0 aliphatic carbocycles. The summed E-state index contributed by atoms with van der Waals surface area (Å²) in [5.41, 5.74) is 0. The first kappa shape index (κ1) is 9.03. The van der Waals surface area contributed by atoms with Gasteiger partial charge < -0.3 is 4.74 Å². The monoisotopic (exact) mass is 140 g/mol. The summed E-state index contributed by atoms with van der Waals surface area (Å²) in [6, 6.07) is 0. The van der Waals surface area contributed by atoms with E-state index in [1.165, 1.54) is 0 Å². The van der Waals surface area contributed by atoms with Crippen molar-refractivity contribution < 1.29 is 9.53 Å². The first-order chi connectivity index (χ1) is 4.72. The fraction of sp³-hybridized carbons (Fsp3) is 0.625. The van der Waals surface area contributed by atoms with E-state index in [0.29, 0.717) is 0 Å². The van der Waals surface area contributed by atoms with Crippen LogP contribution in [-0.4, -0.2) is 12.6 Å². The smallest absolute Gasteiger partial charge is 0.309 e. The van der Waals surface area contributed by atoms with Gasteiger partial charge in [0.2, 0.25) is 0 Å². The van der Waals surface area contributed by atoms with Crippen LogP contribution in [0.2, 0.25) is 0 Å². The van der Waals surface area contributed by atoms with Crippen LogP contribution in [0.25, 0.3) is 0 Å². The average molecular weight is 140 g/mol. The normalized spacial score (nSPS) is 11.7. The molecule has 2 heteroatoms. The van der Waals surface area contributed by atoms with Crippen LogP contribution in [0.5, 0.6) is 0 Å². The lowest BCUT2D eigenvalue weighted by molar-refractivity contribution is -0.146. The molecule has 2 nitrogen and oxygen atoms in total. The molecule has 1 atom stereocenters. The molecule has 0 aromatic carbocycles. The van der Waals surface area contributed by atoms with E-state index in [-0.39, 0.29) is 18.5 Å². The Bertz CT molecular complexity index is 144. The Morgan fingerprint density at radius 3 is 2.80 bits per heavy atom. The van der Waals surface area contributed by atoms with Gasteiger partial charge in [0, 0.05) is 0 Å². The Labute approximate surface area is 61.6 Å². The molecule has 0 amide bonds. The van der Waals surface area contributed by atoms with E-state index in [1.807, 2.05) is 13.8 Å². The number of terminal acetylenes is 1. The average Bonchev–Trinajstić information content (AvgIpc) is 1.98. The van der Waals surface area contributed by atoms with Gasteiger partial charge in [-0.2, -0.15) is 0 Å². The minimum Gasteiger partial charge on any atom is -0.452 e. The largest absolute Gasteiger partial charge is 0.452 e. The lowest BCUT2D eigenvalue weighted by Gasteiger charge is -2.05. The maximum Gasteiger partial charge on any atom is 0.309 e. The number of esters is 1. The Kier molecular flexibility index (Phi) is 4.39. The second-order valence-corrected chi connectivity index (χ2v) is 2.12. The van der Waals surface area contributed by atoms with Crippen LogP contribution in [0.15, 0.2) is 0 Å². The van der Waals surface area contributed by atoms with Crippen molar-refractivity contribution in [2.45, 2.75) is 20.3 Å². The van der Waals surface area contributed by atoms with E-state index in [1.54, 1.807) is 0 Å². The highest BCUT2D eigenvalue weighted by Gasteiger charge is 2.10. The molecular formula is C8H12O2. The first-order valence-corrected chi connectivity index (χ1v) is 3.32. The molecule has 0 radical (unpaired) electrons. The van der Waals surface area contributed by atoms with E-state index in [4.69, 9.17) is 6.42 Å². The van der Waals surface area contributed by atoms with Gasteiger partial charge in [0.25, 0.3) is 0 Å². The van der Waals surface area contributed by atoms with Gasteiger partial charge in [-0.1, -0.05) is 19.8 Å². The summed E-state index contributed by atoms with van der Waals surface area (Å²) in [5.74, 6) is 1.99. The van der Waals surface area contributed by atoms with Gasteiger partial charge in [-0.25, -0.2) is 0 Å². The van der Waals surface area contributed by atoms with Gasteiger partial charge in [-0.15, -0.1) is 6.42 Å². The molecule has 0 heterocycles. The lowest BCUT2D eigenvalue weighted by Crippen LogP contribution is -2.13. The van der Waals surface area contributed by atoms with Gasteiger partial charge >= 0.3 is 5.97 Å². The van der Waals surface area contributed by atoms with E-state index >= 15 is 0 Å². The molecular weight excluding hydrogens is 128 g/mol. The molecule has 0 aliphatic heterocycles. The molecule has 56 valence electrons. The number of hydrogen-bond acceptors (Lipinski definition) is 2. The van der Waals surface area contributed by atoms with Gasteiger partial charge in [0.15, 0.2) is 6.61 Å². The highest BCUT2D eigenvalue weighted by Crippen LogP contribution is 2.01. The first-order valence-electron chi connectivity index (χ1n) is 3.32. The summed E-state index contributed by atoms with van der Waals surface area (Å²) < 4.78 is 4.67. The Balaban J connectivity index is 3.54. The van der Waals surface area contributed by atoms with Crippen molar-refractivity contribution in [1.82, 2.24) is 0 Å². The molecule has 0 rings (SSSR count). The molecule has 0 fully saturated rings. The van der Waals surface area contributed by atoms with Crippen molar-refractivity contribution in [3.8, 4) is 12.3 Å². The highest BCUT2D eigenvalue weighted by atomic mass is 16.5. The third kappa shape index (κ3) is 3.13. The SMILES string of the molecule is C#CCOC(=O)C(C)CC. The van der Waals surface area contributed by atoms with Gasteiger partial charge in [-0.3, -0.25) is 4.79 Å². The minimum absolute atomic E-state index is 0.0339. The topological polar surface area (TPSA) is 26.3 Å². The van der Waals surface area contributed by atoms with Gasteiger partial charge in [0.05, 0.1) is 5.92 Å². The van der Waals surface area contributed by atoms with Crippen molar-refractivity contribution in [3.63, 3.8) is 0 Å². The van der Waals surface area contributed by atoms with Crippen LogP contribution >= 0.6 is 0 Å². The van der Waals surface area contributed by atoms with Crippen LogP contribution in [0, 0.1) is 18.3 Å². The number of rotatable bonds is 3. The highest BCUT2D eigenvalue weighted by molar-refractivity contribution is 5.72. The van der Waals surface area contributed by atoms with Crippen LogP contribution in [0.3, 0.4) is 0 Å². The number of carbonyl (C=O) groups excluding carboxylic acids is 1. The fourth-order valence-electron chi connectivity index (χ4n) is 0.422. The zero-order valence-electron chi connectivity index (χ0n) is 6.39. The van der Waals surface area contributed by atoms with E-state index < -0.39 is 0 Å². The van der Waals surface area contributed by atoms with Gasteiger partial charge in [0.1, 0.15) is 0 Å². The lowest BCUT2D eigenvalue weighted by atomic mass is 10.1. The van der Waals surface area contributed by atoms with Crippen LogP contribution in [0.4, 0.5) is 0 Å². The molecule has 1 unspecified atom stereocenters. The molecule has 0 spiro atoms. The Morgan fingerprint density at radius 2 is 2.40 bits per heavy atom. The molecule has 0 aromatic heterocycles. The molecule has 0 saturated heterocycles. The maximum absolute atomic E-state index is 10.8. The maximum atomic E-state index is 10.8. The quantitative estimate of drug-likeness (QED) is 0.435. The molecule has 0 bridgehead atoms. The van der Waals surface area contributed by atoms with Crippen molar-refractivity contribution in [3.05, 3.63) is 0 Å². The third-order valence-electron chi connectivity index (χ3n) is 1.31. The number of carbonyl (C=O) groups is 1. The predicted octanol–water partition coefficient (Wildman–Crippen LogP) is 1.21. The summed E-state index contributed by atoms with van der Waals surface area (Å²) in [7, 11) is 0. The molecule has 0 aliphatic rings. The van der Waals surface area contributed by atoms with Gasteiger partial charge in [-0.05, 0) is 6.42 Å². The standard InChI is InChI=1S/C8H12O2/c1-4-6-10-8(9)7(3)5-2/h1,7H,5-6H2,2-3H3. The summed E-state index contributed by atoms with van der Waals surface area (Å²) in [6.07, 6.45) is 5.69. The summed E-state index contributed by atoms with van der Waals surface area (Å²) in [6.45, 7) is 3.84. The van der Waals surface area contributed by atoms with Crippen molar-refractivity contribution in [1.29, 1.82) is 0 Å². The van der Waals surface area contributed by atoms with Crippen molar-refractivity contribution >= 4 is 5.97 Å². The Morgan fingerprint density at radius 1 is 1.80 bits per heavy atom. The van der Waals surface area contributed by atoms with Crippen molar-refractivity contribution in [2.75, 3.05) is 6.61 Å². The van der Waals surface area contributed by atoms with Crippen LogP contribution < -0.4 is 0 Å². The molecule has 0 saturated carbocycles. The zero-order chi connectivity index (χ0) is 7.98. The summed E-state index contributed by atoms with van der Waals surface area (Å²) in [4.78, 5) is 10.8. The second-order valence-electron chi connectivity index (χ2n) is 2.12. The van der Waals surface area contributed by atoms with Crippen LogP contribution in [0.1, 0.15) is 20.3 Å². The second kappa shape index (κ2) is 4.87. The van der Waals surface area contributed by atoms with E-state index in [2.05, 4.69) is 10.7 Å². The van der Waals surface area contributed by atoms with E-state index in [0.717, 1.165) is 6.42 Å². The third-order valence-corrected chi connectivity index (χ3v) is 1.31. The zero-order valence-corrected chi connectivity index (χ0v) is 6.39. The summed E-state index contributed by atoms with van der Waals surface area (Å²) in [5, 5.41) is 0.